The van der Waals surface area contributed by atoms with Crippen LogP contribution in [0, 0.1) is 5.82 Å². The van der Waals surface area contributed by atoms with Crippen LogP contribution in [0.3, 0.4) is 0 Å². The number of aryl methyl sites for hydroxylation is 1. The van der Waals surface area contributed by atoms with E-state index in [0.29, 0.717) is 13.0 Å². The van der Waals surface area contributed by atoms with Crippen LogP contribution in [0.1, 0.15) is 11.1 Å². The van der Waals surface area contributed by atoms with Crippen LogP contribution >= 0.6 is 0 Å². The average Bonchev–Trinajstić information content (AvgIpc) is 3.00. The third-order valence-electron chi connectivity index (χ3n) is 3.78. The summed E-state index contributed by atoms with van der Waals surface area (Å²) >= 11 is 0. The van der Waals surface area contributed by atoms with Gasteiger partial charge in [-0.3, -0.25) is 4.55 Å². The van der Waals surface area contributed by atoms with Crippen LogP contribution in [0.4, 0.5) is 17.6 Å². The number of imidazole rings is 1. The van der Waals surface area contributed by atoms with Crippen molar-refractivity contribution in [1.29, 1.82) is 0 Å². The highest BCUT2D eigenvalue weighted by Crippen LogP contribution is 2.22. The fourth-order valence-electron chi connectivity index (χ4n) is 2.39. The number of fused-ring (bicyclic) bond motifs is 1. The van der Waals surface area contributed by atoms with Crippen molar-refractivity contribution in [3.05, 3.63) is 53.9 Å². The number of aromatic nitrogens is 2. The monoisotopic (exact) mass is 446 g/mol. The predicted molar refractivity (Wildman–Crippen MR) is 88.0 cm³/mol. The number of rotatable bonds is 2. The smallest absolute Gasteiger partial charge is 0.279 e. The molecule has 0 atom stereocenters. The lowest BCUT2D eigenvalue weighted by atomic mass is 10.0. The maximum atomic E-state index is 13.2. The Morgan fingerprint density at radius 2 is 1.75 bits per heavy atom. The molecule has 2 heterocycles. The minimum Gasteiger partial charge on any atom is -0.279 e. The van der Waals surface area contributed by atoms with E-state index in [-0.39, 0.29) is 12.4 Å². The maximum Gasteiger partial charge on any atom is 0.522 e. The molecule has 1 aliphatic rings. The van der Waals surface area contributed by atoms with E-state index in [1.54, 1.807) is 23.9 Å². The fourth-order valence-corrected chi connectivity index (χ4v) is 3.76. The molecule has 1 aliphatic heterocycles. The molecular weight excluding hydrogens is 430 g/mol. The summed E-state index contributed by atoms with van der Waals surface area (Å²) in [5, 5.41) is 0. The summed E-state index contributed by atoms with van der Waals surface area (Å²) in [4.78, 5) is 0. The van der Waals surface area contributed by atoms with Gasteiger partial charge in [0.1, 0.15) is 18.2 Å². The van der Waals surface area contributed by atoms with Gasteiger partial charge in [-0.2, -0.15) is 34.3 Å². The highest BCUT2D eigenvalue weighted by atomic mass is 32.2. The fraction of sp³-hybridized carbons (Fsp3) is 0.357. The van der Waals surface area contributed by atoms with Crippen molar-refractivity contribution in [2.24, 2.45) is 7.05 Å². The Labute approximate surface area is 158 Å². The summed E-state index contributed by atoms with van der Waals surface area (Å²) in [7, 11) is -7.63. The first kappa shape index (κ1) is 22.3. The van der Waals surface area contributed by atoms with Crippen LogP contribution in [0.2, 0.25) is 0 Å². The van der Waals surface area contributed by atoms with Gasteiger partial charge in [-0.1, -0.05) is 6.07 Å². The van der Waals surface area contributed by atoms with Gasteiger partial charge in [0.2, 0.25) is 0 Å². The zero-order valence-corrected chi connectivity index (χ0v) is 16.0. The van der Waals surface area contributed by atoms with Crippen molar-refractivity contribution in [2.75, 3.05) is 6.54 Å². The molecule has 3 rings (SSSR count). The highest BCUT2D eigenvalue weighted by Gasteiger charge is 2.44. The van der Waals surface area contributed by atoms with Crippen molar-refractivity contribution in [1.82, 2.24) is 8.28 Å². The molecule has 2 aromatic rings. The van der Waals surface area contributed by atoms with Gasteiger partial charge in [-0.25, -0.2) is 8.96 Å². The average molecular weight is 446 g/mol. The van der Waals surface area contributed by atoms with Gasteiger partial charge < -0.3 is 0 Å². The van der Waals surface area contributed by atoms with E-state index in [0.717, 1.165) is 11.1 Å². The largest absolute Gasteiger partial charge is 0.522 e. The summed E-state index contributed by atoms with van der Waals surface area (Å²) < 4.78 is 99.9. The van der Waals surface area contributed by atoms with Crippen molar-refractivity contribution in [3.63, 3.8) is 0 Å². The van der Waals surface area contributed by atoms with E-state index in [1.807, 2.05) is 0 Å². The van der Waals surface area contributed by atoms with Gasteiger partial charge in [0, 0.05) is 13.1 Å². The summed E-state index contributed by atoms with van der Waals surface area (Å²) in [5.41, 5.74) is -3.79. The van der Waals surface area contributed by atoms with Crippen molar-refractivity contribution < 1.29 is 43.5 Å². The molecule has 1 aromatic heterocycles. The summed E-state index contributed by atoms with van der Waals surface area (Å²) in [5.74, 6) is -0.280. The highest BCUT2D eigenvalue weighted by molar-refractivity contribution is 7.87. The first-order valence-corrected chi connectivity index (χ1v) is 10.4. The molecule has 0 bridgehead atoms. The van der Waals surface area contributed by atoms with Crippen molar-refractivity contribution in [3.8, 4) is 0 Å². The number of halogens is 4. The minimum absolute atomic E-state index is 0.278. The SMILES string of the molecule is C[n+]1ccn(S(=O)(=O)N2CCc3cc(F)ccc3C2)c1.O=S(=O)(O)C(F)(F)F. The Bertz CT molecular complexity index is 1060. The Balaban J connectivity index is 0.000000300. The number of hydrogen-bond donors (Lipinski definition) is 1. The number of nitrogens with zero attached hydrogens (tertiary/aromatic N) is 3. The third-order valence-corrected chi connectivity index (χ3v) is 6.07. The van der Waals surface area contributed by atoms with Gasteiger partial charge >= 0.3 is 25.8 Å². The molecule has 1 N–H and O–H groups in total. The molecule has 0 aliphatic carbocycles. The zero-order chi connectivity index (χ0) is 21.3. The maximum absolute atomic E-state index is 13.2. The molecule has 0 saturated heterocycles. The summed E-state index contributed by atoms with van der Waals surface area (Å²) in [6.45, 7) is 0.639. The molecule has 0 fully saturated rings. The molecule has 0 radical (unpaired) electrons. The van der Waals surface area contributed by atoms with Gasteiger partial charge in [0.15, 0.2) is 0 Å². The Hall–Kier alpha value is -2.03. The number of hydrogen-bond acceptors (Lipinski definition) is 4. The lowest BCUT2D eigenvalue weighted by molar-refractivity contribution is -0.670. The van der Waals surface area contributed by atoms with Gasteiger partial charge in [-0.05, 0) is 29.7 Å². The predicted octanol–water partition coefficient (Wildman–Crippen LogP) is 0.997. The second-order valence-electron chi connectivity index (χ2n) is 5.83. The lowest BCUT2D eigenvalue weighted by Crippen LogP contribution is -2.39. The molecule has 156 valence electrons. The quantitative estimate of drug-likeness (QED) is 0.321. The van der Waals surface area contributed by atoms with Gasteiger partial charge in [-0.15, -0.1) is 3.97 Å². The molecule has 28 heavy (non-hydrogen) atoms. The summed E-state index contributed by atoms with van der Waals surface area (Å²) in [6.07, 6.45) is 5.22. The molecular formula is C14H16F4N3O5S2+. The van der Waals surface area contributed by atoms with E-state index >= 15 is 0 Å². The Morgan fingerprint density at radius 3 is 2.25 bits per heavy atom. The van der Waals surface area contributed by atoms with E-state index in [2.05, 4.69) is 0 Å². The summed E-state index contributed by atoms with van der Waals surface area (Å²) in [6, 6.07) is 4.50. The van der Waals surface area contributed by atoms with Crippen molar-refractivity contribution >= 4 is 20.3 Å². The van der Waals surface area contributed by atoms with Crippen LogP contribution in [-0.2, 0) is 40.3 Å². The standard InChI is InChI=1S/C13H15FN3O2S.CHF3O3S/c1-15-6-7-17(10-15)20(18,19)16-5-4-11-8-13(14)3-2-12(11)9-16;2-1(3,4)8(5,6)7/h2-3,6-8,10H,4-5,9H2,1H3;(H,5,6,7)/q+1;. The molecule has 0 unspecified atom stereocenters. The van der Waals surface area contributed by atoms with E-state index in [9.17, 15) is 26.0 Å². The molecule has 14 heteroatoms. The van der Waals surface area contributed by atoms with E-state index < -0.39 is 25.8 Å². The topological polar surface area (TPSA) is 101 Å². The van der Waals surface area contributed by atoms with Gasteiger partial charge in [0.05, 0.1) is 7.05 Å². The normalized spacial score (nSPS) is 15.5. The molecule has 0 saturated carbocycles. The lowest BCUT2D eigenvalue weighted by Gasteiger charge is -2.25. The molecule has 0 amide bonds. The minimum atomic E-state index is -5.84. The van der Waals surface area contributed by atoms with Crippen molar-refractivity contribution in [2.45, 2.75) is 18.5 Å². The van der Waals surface area contributed by atoms with Crippen LogP contribution in [0.5, 0.6) is 0 Å². The van der Waals surface area contributed by atoms with Crippen LogP contribution in [0.25, 0.3) is 0 Å². The van der Waals surface area contributed by atoms with E-state index in [4.69, 9.17) is 13.0 Å². The van der Waals surface area contributed by atoms with Gasteiger partial charge in [0.25, 0.3) is 6.33 Å². The molecule has 0 spiro atoms. The molecule has 8 nitrogen and oxygen atoms in total. The first-order chi connectivity index (χ1) is 12.7. The third kappa shape index (κ3) is 5.06. The van der Waals surface area contributed by atoms with Crippen LogP contribution < -0.4 is 4.57 Å². The zero-order valence-electron chi connectivity index (χ0n) is 14.3. The number of benzene rings is 1. The molecule has 1 aromatic carbocycles. The Morgan fingerprint density at radius 1 is 1.14 bits per heavy atom. The van der Waals surface area contributed by atoms with E-state index in [1.165, 1.54) is 32.9 Å². The van der Waals surface area contributed by atoms with Crippen LogP contribution in [0.15, 0.2) is 36.9 Å². The second-order valence-corrected chi connectivity index (χ2v) is 9.08. The Kier molecular flexibility index (Phi) is 6.18. The van der Waals surface area contributed by atoms with Crippen LogP contribution in [-0.4, -0.2) is 41.7 Å². The second kappa shape index (κ2) is 7.77. The number of alkyl halides is 3. The first-order valence-electron chi connectivity index (χ1n) is 7.57.